The summed E-state index contributed by atoms with van der Waals surface area (Å²) in [6.07, 6.45) is -0.450. The summed E-state index contributed by atoms with van der Waals surface area (Å²) >= 11 is 1.61. The summed E-state index contributed by atoms with van der Waals surface area (Å²) < 4.78 is 6.03. The Morgan fingerprint density at radius 3 is 3.00 bits per heavy atom. The van der Waals surface area contributed by atoms with Gasteiger partial charge in [-0.3, -0.25) is 4.79 Å². The lowest BCUT2D eigenvalue weighted by molar-refractivity contribution is -0.124. The van der Waals surface area contributed by atoms with Crippen LogP contribution in [0.1, 0.15) is 11.9 Å². The lowest BCUT2D eigenvalue weighted by Gasteiger charge is -2.10. The summed E-state index contributed by atoms with van der Waals surface area (Å²) in [5.41, 5.74) is 1.74. The Labute approximate surface area is 104 Å². The zero-order chi connectivity index (χ0) is 12.4. The van der Waals surface area contributed by atoms with Crippen molar-refractivity contribution in [3.8, 4) is 0 Å². The molecule has 0 saturated heterocycles. The summed E-state index contributed by atoms with van der Waals surface area (Å²) in [7, 11) is 1.51. The highest BCUT2D eigenvalue weighted by Gasteiger charge is 2.12. The van der Waals surface area contributed by atoms with E-state index in [1.165, 1.54) is 7.11 Å². The number of benzene rings is 1. The van der Waals surface area contributed by atoms with E-state index < -0.39 is 6.10 Å². The van der Waals surface area contributed by atoms with E-state index in [2.05, 4.69) is 10.3 Å². The molecule has 0 spiro atoms. The number of amides is 1. The van der Waals surface area contributed by atoms with Gasteiger partial charge in [-0.1, -0.05) is 0 Å². The molecule has 1 aromatic carbocycles. The minimum atomic E-state index is -0.450. The van der Waals surface area contributed by atoms with E-state index in [1.807, 2.05) is 25.1 Å². The minimum Gasteiger partial charge on any atom is -0.372 e. The molecule has 1 heterocycles. The Morgan fingerprint density at radius 2 is 2.29 bits per heavy atom. The van der Waals surface area contributed by atoms with Gasteiger partial charge in [0.1, 0.15) is 6.10 Å². The average molecular weight is 250 g/mol. The number of nitrogens with zero attached hydrogens (tertiary/aromatic N) is 1. The van der Waals surface area contributed by atoms with Crippen molar-refractivity contribution in [2.75, 3.05) is 12.4 Å². The largest absolute Gasteiger partial charge is 0.372 e. The van der Waals surface area contributed by atoms with Crippen LogP contribution in [0.3, 0.4) is 0 Å². The normalized spacial score (nSPS) is 12.6. The first-order chi connectivity index (χ1) is 8.10. The van der Waals surface area contributed by atoms with Gasteiger partial charge in [-0.15, -0.1) is 11.3 Å². The third kappa shape index (κ3) is 2.62. The molecule has 1 N–H and O–H groups in total. The van der Waals surface area contributed by atoms with Gasteiger partial charge < -0.3 is 10.1 Å². The zero-order valence-electron chi connectivity index (χ0n) is 9.98. The first-order valence-electron chi connectivity index (χ1n) is 5.31. The van der Waals surface area contributed by atoms with E-state index in [9.17, 15) is 4.79 Å². The maximum atomic E-state index is 11.6. The Kier molecular flexibility index (Phi) is 3.40. The van der Waals surface area contributed by atoms with Crippen molar-refractivity contribution >= 4 is 33.1 Å². The van der Waals surface area contributed by atoms with Crippen molar-refractivity contribution in [1.82, 2.24) is 4.98 Å². The third-order valence-corrected chi connectivity index (χ3v) is 3.42. The number of hydrogen-bond acceptors (Lipinski definition) is 4. The minimum absolute atomic E-state index is 0.145. The second-order valence-corrected chi connectivity index (χ2v) is 5.02. The van der Waals surface area contributed by atoms with Crippen LogP contribution in [0.25, 0.3) is 10.2 Å². The molecular weight excluding hydrogens is 236 g/mol. The number of methoxy groups -OCH3 is 1. The fourth-order valence-electron chi connectivity index (χ4n) is 1.47. The van der Waals surface area contributed by atoms with Crippen LogP contribution in [0.15, 0.2) is 18.2 Å². The van der Waals surface area contributed by atoms with E-state index in [4.69, 9.17) is 4.74 Å². The molecule has 0 bridgehead atoms. The van der Waals surface area contributed by atoms with Crippen LogP contribution in [0.4, 0.5) is 5.69 Å². The van der Waals surface area contributed by atoms with Gasteiger partial charge in [-0.2, -0.15) is 0 Å². The Balaban J connectivity index is 2.22. The van der Waals surface area contributed by atoms with E-state index in [-0.39, 0.29) is 5.91 Å². The zero-order valence-corrected chi connectivity index (χ0v) is 10.8. The van der Waals surface area contributed by atoms with E-state index >= 15 is 0 Å². The van der Waals surface area contributed by atoms with Gasteiger partial charge in [-0.05, 0) is 32.0 Å². The fraction of sp³-hybridized carbons (Fsp3) is 0.333. The molecule has 0 fully saturated rings. The second-order valence-electron chi connectivity index (χ2n) is 3.78. The lowest BCUT2D eigenvalue weighted by Crippen LogP contribution is -2.26. The number of ether oxygens (including phenoxy) is 1. The van der Waals surface area contributed by atoms with Gasteiger partial charge in [0.05, 0.1) is 15.2 Å². The number of thiazole rings is 1. The molecule has 1 amide bonds. The molecular formula is C12H14N2O2S. The summed E-state index contributed by atoms with van der Waals surface area (Å²) in [4.78, 5) is 16.0. The van der Waals surface area contributed by atoms with E-state index in [0.29, 0.717) is 0 Å². The molecule has 2 aromatic rings. The van der Waals surface area contributed by atoms with E-state index in [1.54, 1.807) is 18.3 Å². The Hall–Kier alpha value is -1.46. The van der Waals surface area contributed by atoms with Crippen LogP contribution in [-0.2, 0) is 9.53 Å². The highest BCUT2D eigenvalue weighted by Crippen LogP contribution is 2.24. The quantitative estimate of drug-likeness (QED) is 0.911. The predicted molar refractivity (Wildman–Crippen MR) is 69.5 cm³/mol. The van der Waals surface area contributed by atoms with Crippen molar-refractivity contribution < 1.29 is 9.53 Å². The highest BCUT2D eigenvalue weighted by molar-refractivity contribution is 7.18. The molecule has 0 saturated carbocycles. The van der Waals surface area contributed by atoms with Crippen LogP contribution in [-0.4, -0.2) is 24.1 Å². The summed E-state index contributed by atoms with van der Waals surface area (Å²) in [6.45, 7) is 3.68. The van der Waals surface area contributed by atoms with Crippen molar-refractivity contribution in [2.45, 2.75) is 20.0 Å². The molecule has 1 atom stereocenters. The molecule has 90 valence electrons. The van der Waals surface area contributed by atoms with Crippen LogP contribution >= 0.6 is 11.3 Å². The molecule has 1 unspecified atom stereocenters. The number of carbonyl (C=O) groups is 1. The monoisotopic (exact) mass is 250 g/mol. The third-order valence-electron chi connectivity index (χ3n) is 2.49. The molecule has 17 heavy (non-hydrogen) atoms. The molecule has 4 nitrogen and oxygen atoms in total. The predicted octanol–water partition coefficient (Wildman–Crippen LogP) is 2.58. The molecule has 2 rings (SSSR count). The number of nitrogens with one attached hydrogen (secondary N) is 1. The molecule has 0 radical (unpaired) electrons. The van der Waals surface area contributed by atoms with Gasteiger partial charge in [0.2, 0.25) is 0 Å². The summed E-state index contributed by atoms with van der Waals surface area (Å²) in [6, 6.07) is 5.69. The first kappa shape index (κ1) is 12.0. The molecule has 0 aliphatic rings. The molecule has 0 aliphatic heterocycles. The highest BCUT2D eigenvalue weighted by atomic mass is 32.1. The van der Waals surface area contributed by atoms with Crippen molar-refractivity contribution in [3.63, 3.8) is 0 Å². The SMILES string of the molecule is COC(C)C(=O)Nc1ccc2nc(C)sc2c1. The van der Waals surface area contributed by atoms with Crippen molar-refractivity contribution in [1.29, 1.82) is 0 Å². The summed E-state index contributed by atoms with van der Waals surface area (Å²) in [5, 5.41) is 3.83. The smallest absolute Gasteiger partial charge is 0.253 e. The fourth-order valence-corrected chi connectivity index (χ4v) is 2.33. The van der Waals surface area contributed by atoms with Crippen LogP contribution in [0, 0.1) is 6.92 Å². The molecule has 5 heteroatoms. The number of rotatable bonds is 3. The van der Waals surface area contributed by atoms with Gasteiger partial charge >= 0.3 is 0 Å². The standard InChI is InChI=1S/C12H14N2O2S/c1-7(16-3)12(15)14-9-4-5-10-11(6-9)17-8(2)13-10/h4-7H,1-3H3,(H,14,15). The maximum Gasteiger partial charge on any atom is 0.253 e. The number of fused-ring (bicyclic) bond motifs is 1. The van der Waals surface area contributed by atoms with E-state index in [0.717, 1.165) is 20.9 Å². The number of anilines is 1. The Bertz CT molecular complexity index is 550. The number of aromatic nitrogens is 1. The lowest BCUT2D eigenvalue weighted by atomic mass is 10.3. The van der Waals surface area contributed by atoms with Crippen molar-refractivity contribution in [3.05, 3.63) is 23.2 Å². The van der Waals surface area contributed by atoms with Crippen LogP contribution < -0.4 is 5.32 Å². The summed E-state index contributed by atoms with van der Waals surface area (Å²) in [5.74, 6) is -0.145. The average Bonchev–Trinajstić information content (AvgIpc) is 2.67. The topological polar surface area (TPSA) is 51.2 Å². The van der Waals surface area contributed by atoms with Gasteiger partial charge in [-0.25, -0.2) is 4.98 Å². The number of carbonyl (C=O) groups excluding carboxylic acids is 1. The van der Waals surface area contributed by atoms with Gasteiger partial charge in [0.15, 0.2) is 0 Å². The van der Waals surface area contributed by atoms with Crippen molar-refractivity contribution in [2.24, 2.45) is 0 Å². The molecule has 1 aromatic heterocycles. The van der Waals surface area contributed by atoms with Crippen LogP contribution in [0.5, 0.6) is 0 Å². The van der Waals surface area contributed by atoms with Gasteiger partial charge in [0.25, 0.3) is 5.91 Å². The second kappa shape index (κ2) is 4.81. The van der Waals surface area contributed by atoms with Gasteiger partial charge in [0, 0.05) is 12.8 Å². The van der Waals surface area contributed by atoms with Crippen LogP contribution in [0.2, 0.25) is 0 Å². The maximum absolute atomic E-state index is 11.6. The number of aryl methyl sites for hydroxylation is 1. The first-order valence-corrected chi connectivity index (χ1v) is 6.12. The Morgan fingerprint density at radius 1 is 1.53 bits per heavy atom. The number of hydrogen-bond donors (Lipinski definition) is 1. The molecule has 0 aliphatic carbocycles.